The van der Waals surface area contributed by atoms with Crippen LogP contribution in [-0.2, 0) is 19.5 Å². The molecule has 2 unspecified atom stereocenters. The molecule has 2 bridgehead atoms. The van der Waals surface area contributed by atoms with E-state index in [0.717, 1.165) is 25.0 Å². The molecule has 1 aliphatic carbocycles. The van der Waals surface area contributed by atoms with Crippen LogP contribution in [0, 0.1) is 5.92 Å². The average Bonchev–Trinajstić information content (AvgIpc) is 3.01. The summed E-state index contributed by atoms with van der Waals surface area (Å²) in [7, 11) is 0. The van der Waals surface area contributed by atoms with E-state index >= 15 is 0 Å². The first kappa shape index (κ1) is 11.0. The molecule has 1 saturated heterocycles. The predicted octanol–water partition coefficient (Wildman–Crippen LogP) is 2.32. The van der Waals surface area contributed by atoms with Crippen molar-refractivity contribution in [2.45, 2.75) is 44.8 Å². The second kappa shape index (κ2) is 4.36. The fourth-order valence-electron chi connectivity index (χ4n) is 4.20. The smallest absolute Gasteiger partial charge is 0.0239 e. The zero-order valence-corrected chi connectivity index (χ0v) is 11.0. The third-order valence-electron chi connectivity index (χ3n) is 5.13. The van der Waals surface area contributed by atoms with Crippen LogP contribution in [0.2, 0.25) is 0 Å². The van der Waals surface area contributed by atoms with Gasteiger partial charge in [0.25, 0.3) is 0 Å². The monoisotopic (exact) mass is 242 g/mol. The van der Waals surface area contributed by atoms with Gasteiger partial charge in [-0.1, -0.05) is 18.2 Å². The number of hydrogen-bond acceptors (Lipinski definition) is 2. The Morgan fingerprint density at radius 1 is 1.28 bits per heavy atom. The molecule has 0 aromatic heterocycles. The molecule has 2 heterocycles. The molecule has 96 valence electrons. The maximum Gasteiger partial charge on any atom is 0.0239 e. The number of benzene rings is 1. The largest absolute Gasteiger partial charge is 0.312 e. The number of likely N-dealkylation sites (tertiary alicyclic amines) is 1. The van der Waals surface area contributed by atoms with Gasteiger partial charge in [0.05, 0.1) is 0 Å². The molecule has 1 N–H and O–H groups in total. The van der Waals surface area contributed by atoms with E-state index < -0.39 is 0 Å². The molecule has 2 atom stereocenters. The van der Waals surface area contributed by atoms with Crippen LogP contribution in [0.25, 0.3) is 0 Å². The van der Waals surface area contributed by atoms with Crippen LogP contribution >= 0.6 is 0 Å². The van der Waals surface area contributed by atoms with Gasteiger partial charge in [0, 0.05) is 25.7 Å². The number of nitrogens with one attached hydrogen (secondary N) is 1. The average molecular weight is 242 g/mol. The number of rotatable bonds is 2. The van der Waals surface area contributed by atoms with E-state index in [1.165, 1.54) is 44.3 Å². The lowest BCUT2D eigenvalue weighted by atomic mass is 9.95. The molecular weight excluding hydrogens is 220 g/mol. The second-order valence-electron chi connectivity index (χ2n) is 6.24. The Hall–Kier alpha value is -0.860. The van der Waals surface area contributed by atoms with Gasteiger partial charge < -0.3 is 5.32 Å². The van der Waals surface area contributed by atoms with Crippen LogP contribution in [0.3, 0.4) is 0 Å². The van der Waals surface area contributed by atoms with E-state index in [-0.39, 0.29) is 0 Å². The Morgan fingerprint density at radius 2 is 2.28 bits per heavy atom. The first-order valence-corrected chi connectivity index (χ1v) is 7.44. The molecular formula is C16H22N2. The number of piperidine rings is 1. The van der Waals surface area contributed by atoms with E-state index in [9.17, 15) is 0 Å². The third kappa shape index (κ3) is 1.79. The summed E-state index contributed by atoms with van der Waals surface area (Å²) in [6.45, 7) is 4.77. The van der Waals surface area contributed by atoms with Crippen molar-refractivity contribution >= 4 is 0 Å². The topological polar surface area (TPSA) is 15.3 Å². The molecule has 18 heavy (non-hydrogen) atoms. The van der Waals surface area contributed by atoms with Crippen molar-refractivity contribution in [1.82, 2.24) is 10.2 Å². The van der Waals surface area contributed by atoms with Gasteiger partial charge in [0.2, 0.25) is 0 Å². The summed E-state index contributed by atoms with van der Waals surface area (Å²) in [5.74, 6) is 1.01. The third-order valence-corrected chi connectivity index (χ3v) is 5.13. The van der Waals surface area contributed by atoms with Gasteiger partial charge >= 0.3 is 0 Å². The molecule has 1 aromatic rings. The minimum absolute atomic E-state index is 0.896. The van der Waals surface area contributed by atoms with Crippen LogP contribution in [0.15, 0.2) is 18.2 Å². The van der Waals surface area contributed by atoms with E-state index in [1.54, 1.807) is 11.1 Å². The van der Waals surface area contributed by atoms with Gasteiger partial charge in [-0.15, -0.1) is 0 Å². The Balaban J connectivity index is 1.58. The Bertz CT molecular complexity index is 454. The van der Waals surface area contributed by atoms with Crippen molar-refractivity contribution < 1.29 is 0 Å². The van der Waals surface area contributed by atoms with E-state index in [0.29, 0.717) is 0 Å². The molecule has 0 spiro atoms. The van der Waals surface area contributed by atoms with Crippen LogP contribution in [0.5, 0.6) is 0 Å². The van der Waals surface area contributed by atoms with Gasteiger partial charge in [0.1, 0.15) is 0 Å². The van der Waals surface area contributed by atoms with Gasteiger partial charge in [-0.05, 0) is 54.8 Å². The van der Waals surface area contributed by atoms with Gasteiger partial charge in [-0.3, -0.25) is 4.90 Å². The fraction of sp³-hybridized carbons (Fsp3) is 0.625. The summed E-state index contributed by atoms with van der Waals surface area (Å²) in [5, 5.41) is 3.48. The summed E-state index contributed by atoms with van der Waals surface area (Å²) in [5.41, 5.74) is 4.77. The molecule has 3 aliphatic rings. The van der Waals surface area contributed by atoms with Crippen molar-refractivity contribution in [3.8, 4) is 0 Å². The van der Waals surface area contributed by atoms with Crippen molar-refractivity contribution in [2.24, 2.45) is 5.92 Å². The van der Waals surface area contributed by atoms with E-state index in [1.807, 2.05) is 0 Å². The molecule has 1 saturated carbocycles. The lowest BCUT2D eigenvalue weighted by Gasteiger charge is -2.29. The fourth-order valence-corrected chi connectivity index (χ4v) is 4.20. The van der Waals surface area contributed by atoms with Crippen LogP contribution in [0.1, 0.15) is 36.0 Å². The Kier molecular flexibility index (Phi) is 2.66. The first-order chi connectivity index (χ1) is 8.90. The zero-order chi connectivity index (χ0) is 11.9. The van der Waals surface area contributed by atoms with Crippen molar-refractivity contribution in [3.05, 3.63) is 34.9 Å². The number of hydrogen-bond donors (Lipinski definition) is 1. The zero-order valence-electron chi connectivity index (χ0n) is 11.0. The van der Waals surface area contributed by atoms with Crippen LogP contribution in [-0.4, -0.2) is 24.0 Å². The molecule has 2 nitrogen and oxygen atoms in total. The summed E-state index contributed by atoms with van der Waals surface area (Å²) < 4.78 is 0. The second-order valence-corrected chi connectivity index (χ2v) is 6.24. The highest BCUT2D eigenvalue weighted by atomic mass is 15.2. The van der Waals surface area contributed by atoms with Gasteiger partial charge in [-0.25, -0.2) is 0 Å². The molecule has 0 radical (unpaired) electrons. The number of nitrogens with zero attached hydrogens (tertiary/aromatic N) is 1. The van der Waals surface area contributed by atoms with Crippen molar-refractivity contribution in [1.29, 1.82) is 0 Å². The lowest BCUT2D eigenvalue weighted by molar-refractivity contribution is 0.204. The van der Waals surface area contributed by atoms with Crippen molar-refractivity contribution in [2.75, 3.05) is 13.1 Å². The maximum absolute atomic E-state index is 3.48. The summed E-state index contributed by atoms with van der Waals surface area (Å²) in [6, 6.07) is 7.79. The highest BCUT2D eigenvalue weighted by Crippen LogP contribution is 2.38. The Labute approximate surface area is 109 Å². The van der Waals surface area contributed by atoms with Crippen LogP contribution < -0.4 is 5.32 Å². The molecule has 1 aromatic carbocycles. The minimum atomic E-state index is 0.896. The Morgan fingerprint density at radius 3 is 3.11 bits per heavy atom. The summed E-state index contributed by atoms with van der Waals surface area (Å²) in [6.07, 6.45) is 5.61. The van der Waals surface area contributed by atoms with E-state index in [4.69, 9.17) is 0 Å². The molecule has 2 heteroatoms. The number of fused-ring (bicyclic) bond motifs is 3. The minimum Gasteiger partial charge on any atom is -0.312 e. The van der Waals surface area contributed by atoms with Crippen molar-refractivity contribution in [3.63, 3.8) is 0 Å². The molecule has 0 amide bonds. The summed E-state index contributed by atoms with van der Waals surface area (Å²) in [4.78, 5) is 2.74. The standard InChI is InChI=1S/C16H22N2/c1-2-13-9-17-7-6-16(13)14(3-1)11-18-10-12-4-5-15(18)8-12/h1-3,12,15,17H,4-11H2. The van der Waals surface area contributed by atoms with E-state index in [2.05, 4.69) is 28.4 Å². The molecule has 2 fully saturated rings. The highest BCUT2D eigenvalue weighted by molar-refractivity contribution is 5.37. The quantitative estimate of drug-likeness (QED) is 0.856. The summed E-state index contributed by atoms with van der Waals surface area (Å²) >= 11 is 0. The lowest BCUT2D eigenvalue weighted by Crippen LogP contribution is -2.32. The van der Waals surface area contributed by atoms with Crippen LogP contribution in [0.4, 0.5) is 0 Å². The van der Waals surface area contributed by atoms with Gasteiger partial charge in [-0.2, -0.15) is 0 Å². The molecule has 4 rings (SSSR count). The maximum atomic E-state index is 3.48. The molecule has 2 aliphatic heterocycles. The normalized spacial score (nSPS) is 30.7. The SMILES string of the molecule is c1cc2c(c(CN3CC4CCC3C4)c1)CCNC2. The highest BCUT2D eigenvalue weighted by Gasteiger charge is 2.37. The first-order valence-electron chi connectivity index (χ1n) is 7.44. The van der Waals surface area contributed by atoms with Gasteiger partial charge in [0.15, 0.2) is 0 Å². The predicted molar refractivity (Wildman–Crippen MR) is 73.4 cm³/mol.